The summed E-state index contributed by atoms with van der Waals surface area (Å²) in [6, 6.07) is 9.64. The highest BCUT2D eigenvalue weighted by Crippen LogP contribution is 2.23. The Hall–Kier alpha value is -1.41. The highest BCUT2D eigenvalue weighted by molar-refractivity contribution is 5.53. The van der Waals surface area contributed by atoms with Crippen LogP contribution in [0.2, 0.25) is 0 Å². The minimum absolute atomic E-state index is 0.309. The second-order valence-corrected chi connectivity index (χ2v) is 5.19. The molecular weight excluding hydrogens is 252 g/mol. The molecule has 1 saturated carbocycles. The van der Waals surface area contributed by atoms with E-state index in [0.29, 0.717) is 18.8 Å². The summed E-state index contributed by atoms with van der Waals surface area (Å²) >= 11 is 0. The minimum Gasteiger partial charge on any atom is -0.343 e. The molecule has 1 aromatic carbocycles. The van der Waals surface area contributed by atoms with Crippen molar-refractivity contribution in [3.8, 4) is 0 Å². The first-order valence-electron chi connectivity index (χ1n) is 7.41. The summed E-state index contributed by atoms with van der Waals surface area (Å²) in [6.45, 7) is 0.617. The van der Waals surface area contributed by atoms with Crippen LogP contribution in [0.1, 0.15) is 50.4 Å². The topological polar surface area (TPSA) is 35.5 Å². The summed E-state index contributed by atoms with van der Waals surface area (Å²) in [4.78, 5) is 10.3. The quantitative estimate of drug-likeness (QED) is 0.730. The van der Waals surface area contributed by atoms with Gasteiger partial charge in [0, 0.05) is 5.56 Å². The zero-order valence-electron chi connectivity index (χ0n) is 11.8. The summed E-state index contributed by atoms with van der Waals surface area (Å²) in [7, 11) is 0. The highest BCUT2D eigenvalue weighted by atomic mass is 16.7. The van der Waals surface area contributed by atoms with Crippen LogP contribution >= 0.6 is 0 Å². The van der Waals surface area contributed by atoms with E-state index in [0.717, 1.165) is 5.56 Å². The fourth-order valence-electron chi connectivity index (χ4n) is 2.36. The van der Waals surface area contributed by atoms with Crippen LogP contribution in [0.3, 0.4) is 0 Å². The second-order valence-electron chi connectivity index (χ2n) is 5.19. The van der Waals surface area contributed by atoms with Crippen LogP contribution in [0.15, 0.2) is 35.9 Å². The highest BCUT2D eigenvalue weighted by Gasteiger charge is 2.19. The van der Waals surface area contributed by atoms with Crippen molar-refractivity contribution in [3.05, 3.63) is 41.5 Å². The molecule has 0 atom stereocenters. The molecular formula is C17H22O3. The van der Waals surface area contributed by atoms with Gasteiger partial charge in [0.2, 0.25) is 0 Å². The molecule has 0 N–H and O–H groups in total. The van der Waals surface area contributed by atoms with E-state index in [1.807, 2.05) is 30.3 Å². The van der Waals surface area contributed by atoms with E-state index in [1.54, 1.807) is 5.94 Å². The third-order valence-electron chi connectivity index (χ3n) is 3.53. The van der Waals surface area contributed by atoms with Gasteiger partial charge in [-0.25, -0.2) is 4.79 Å². The van der Waals surface area contributed by atoms with Crippen molar-refractivity contribution in [2.45, 2.75) is 44.8 Å². The lowest BCUT2D eigenvalue weighted by atomic mass is 10.0. The van der Waals surface area contributed by atoms with Crippen molar-refractivity contribution in [1.82, 2.24) is 0 Å². The number of hydrogen-bond acceptors (Lipinski definition) is 3. The van der Waals surface area contributed by atoms with Crippen molar-refractivity contribution >= 4 is 5.94 Å². The molecule has 2 aliphatic rings. The van der Waals surface area contributed by atoms with Gasteiger partial charge in [-0.1, -0.05) is 68.9 Å². The third-order valence-corrected chi connectivity index (χ3v) is 3.53. The maximum absolute atomic E-state index is 10.3. The molecule has 108 valence electrons. The average molecular weight is 274 g/mol. The lowest BCUT2D eigenvalue weighted by Crippen LogP contribution is -2.20. The van der Waals surface area contributed by atoms with E-state index in [9.17, 15) is 4.79 Å². The third kappa shape index (κ3) is 4.93. The Labute approximate surface area is 120 Å². The largest absolute Gasteiger partial charge is 0.343 e. The predicted octanol–water partition coefficient (Wildman–Crippen LogP) is 3.83. The molecule has 0 radical (unpaired) electrons. The monoisotopic (exact) mass is 274 g/mol. The van der Waals surface area contributed by atoms with Crippen LogP contribution in [0.25, 0.3) is 0 Å². The van der Waals surface area contributed by atoms with E-state index >= 15 is 0 Å². The van der Waals surface area contributed by atoms with Crippen LogP contribution in [-0.4, -0.2) is 19.2 Å². The summed E-state index contributed by atoms with van der Waals surface area (Å²) < 4.78 is 10.7. The standard InChI is InChI=1S/C11H10O3.C6H12/c12-6-9-7-13-11(14-8-9)10-4-2-1-3-5-10;1-2-4-6-5-3-1/h1-5,11H,7-8H2;1-6H2. The smallest absolute Gasteiger partial charge is 0.184 e. The lowest BCUT2D eigenvalue weighted by molar-refractivity contribution is -0.160. The molecule has 0 aromatic heterocycles. The normalized spacial score (nSPS) is 22.4. The van der Waals surface area contributed by atoms with Gasteiger partial charge < -0.3 is 9.47 Å². The van der Waals surface area contributed by atoms with Gasteiger partial charge in [0.05, 0.1) is 18.8 Å². The van der Waals surface area contributed by atoms with Gasteiger partial charge in [-0.05, 0) is 0 Å². The van der Waals surface area contributed by atoms with Gasteiger partial charge in [0.1, 0.15) is 5.94 Å². The van der Waals surface area contributed by atoms with Crippen molar-refractivity contribution in [2.24, 2.45) is 0 Å². The molecule has 1 heterocycles. The van der Waals surface area contributed by atoms with E-state index in [1.165, 1.54) is 38.5 Å². The Morgan fingerprint density at radius 2 is 1.35 bits per heavy atom. The number of rotatable bonds is 1. The van der Waals surface area contributed by atoms with Crippen molar-refractivity contribution < 1.29 is 14.3 Å². The molecule has 3 heteroatoms. The Kier molecular flexibility index (Phi) is 6.52. The van der Waals surface area contributed by atoms with Gasteiger partial charge in [0.25, 0.3) is 0 Å². The number of carbonyl (C=O) groups excluding carboxylic acids is 1. The molecule has 0 spiro atoms. The van der Waals surface area contributed by atoms with Crippen LogP contribution in [0.4, 0.5) is 0 Å². The maximum atomic E-state index is 10.3. The Bertz CT molecular complexity index is 409. The molecule has 2 fully saturated rings. The zero-order chi connectivity index (χ0) is 14.0. The fourth-order valence-corrected chi connectivity index (χ4v) is 2.36. The SMILES string of the molecule is C1CCCCC1.O=C=C1COC(c2ccccc2)OC1. The molecule has 0 bridgehead atoms. The first kappa shape index (κ1) is 15.0. The molecule has 1 aliphatic carbocycles. The predicted molar refractivity (Wildman–Crippen MR) is 78.0 cm³/mol. The second kappa shape index (κ2) is 8.70. The molecule has 1 aliphatic heterocycles. The number of ether oxygens (including phenoxy) is 2. The Balaban J connectivity index is 0.000000205. The van der Waals surface area contributed by atoms with Gasteiger partial charge in [-0.2, -0.15) is 0 Å². The van der Waals surface area contributed by atoms with Gasteiger partial charge in [-0.3, -0.25) is 0 Å². The molecule has 1 saturated heterocycles. The van der Waals surface area contributed by atoms with Crippen molar-refractivity contribution in [2.75, 3.05) is 13.2 Å². The molecule has 20 heavy (non-hydrogen) atoms. The molecule has 3 nitrogen and oxygen atoms in total. The van der Waals surface area contributed by atoms with E-state index in [2.05, 4.69) is 0 Å². The molecule has 0 amide bonds. The van der Waals surface area contributed by atoms with Gasteiger partial charge in [-0.15, -0.1) is 0 Å². The fraction of sp³-hybridized carbons (Fsp3) is 0.529. The van der Waals surface area contributed by atoms with Crippen molar-refractivity contribution in [3.63, 3.8) is 0 Å². The lowest BCUT2D eigenvalue weighted by Gasteiger charge is -2.23. The Morgan fingerprint density at radius 3 is 1.80 bits per heavy atom. The van der Waals surface area contributed by atoms with Crippen LogP contribution in [-0.2, 0) is 14.3 Å². The number of hydrogen-bond donors (Lipinski definition) is 0. The Morgan fingerprint density at radius 1 is 0.850 bits per heavy atom. The molecule has 3 rings (SSSR count). The van der Waals surface area contributed by atoms with Crippen LogP contribution in [0.5, 0.6) is 0 Å². The van der Waals surface area contributed by atoms with E-state index < -0.39 is 0 Å². The van der Waals surface area contributed by atoms with Gasteiger partial charge in [0.15, 0.2) is 6.29 Å². The van der Waals surface area contributed by atoms with Gasteiger partial charge >= 0.3 is 0 Å². The first-order valence-corrected chi connectivity index (χ1v) is 7.41. The zero-order valence-corrected chi connectivity index (χ0v) is 11.8. The molecule has 1 aromatic rings. The van der Waals surface area contributed by atoms with E-state index in [-0.39, 0.29) is 6.29 Å². The summed E-state index contributed by atoms with van der Waals surface area (Å²) in [5.74, 6) is 1.79. The van der Waals surface area contributed by atoms with Crippen LogP contribution < -0.4 is 0 Å². The van der Waals surface area contributed by atoms with Crippen LogP contribution in [0, 0.1) is 0 Å². The first-order chi connectivity index (χ1) is 9.90. The van der Waals surface area contributed by atoms with Crippen molar-refractivity contribution in [1.29, 1.82) is 0 Å². The number of benzene rings is 1. The summed E-state index contributed by atoms with van der Waals surface area (Å²) in [6.07, 6.45) is 8.65. The molecule has 0 unspecified atom stereocenters. The summed E-state index contributed by atoms with van der Waals surface area (Å²) in [5, 5.41) is 0. The minimum atomic E-state index is -0.353. The summed E-state index contributed by atoms with van der Waals surface area (Å²) in [5.41, 5.74) is 1.50. The van der Waals surface area contributed by atoms with E-state index in [4.69, 9.17) is 9.47 Å². The average Bonchev–Trinajstić information content (AvgIpc) is 2.58. The maximum Gasteiger partial charge on any atom is 0.184 e.